The van der Waals surface area contributed by atoms with Crippen molar-refractivity contribution in [2.45, 2.75) is 44.9 Å². The lowest BCUT2D eigenvalue weighted by Crippen LogP contribution is -2.45. The van der Waals surface area contributed by atoms with E-state index in [1.807, 2.05) is 0 Å². The zero-order valence-corrected chi connectivity index (χ0v) is 9.37. The van der Waals surface area contributed by atoms with E-state index in [4.69, 9.17) is 0 Å². The maximum absolute atomic E-state index is 11.9. The predicted molar refractivity (Wildman–Crippen MR) is 57.1 cm³/mol. The molecular weight excluding hydrogens is 190 g/mol. The minimum Gasteiger partial charge on any atom is -0.286 e. The Labute approximate surface area is 90.8 Å². The van der Waals surface area contributed by atoms with Crippen molar-refractivity contribution in [3.63, 3.8) is 0 Å². The Morgan fingerprint density at radius 2 is 1.73 bits per heavy atom. The minimum atomic E-state index is -0.00735. The molecule has 0 aromatic rings. The summed E-state index contributed by atoms with van der Waals surface area (Å²) in [7, 11) is 1.62. The van der Waals surface area contributed by atoms with Crippen LogP contribution in [0.5, 0.6) is 0 Å². The summed E-state index contributed by atoms with van der Waals surface area (Å²) in [5.41, 5.74) is 0. The first-order chi connectivity index (χ1) is 7.20. The van der Waals surface area contributed by atoms with Gasteiger partial charge in [0.1, 0.15) is 0 Å². The SMILES string of the molecule is CN1C(=O)CCC(C2CCCCC2)C1=O. The van der Waals surface area contributed by atoms with E-state index in [0.717, 1.165) is 6.42 Å². The summed E-state index contributed by atoms with van der Waals surface area (Å²) in [5, 5.41) is 0. The molecule has 0 N–H and O–H groups in total. The van der Waals surface area contributed by atoms with Crippen LogP contribution >= 0.6 is 0 Å². The fourth-order valence-electron chi connectivity index (χ4n) is 2.92. The van der Waals surface area contributed by atoms with Gasteiger partial charge in [0.15, 0.2) is 0 Å². The number of amides is 2. The Hall–Kier alpha value is -0.860. The zero-order valence-electron chi connectivity index (χ0n) is 9.37. The molecule has 15 heavy (non-hydrogen) atoms. The van der Waals surface area contributed by atoms with Crippen molar-refractivity contribution < 1.29 is 9.59 Å². The third-order valence-electron chi connectivity index (χ3n) is 3.91. The smallest absolute Gasteiger partial charge is 0.232 e. The van der Waals surface area contributed by atoms with Crippen molar-refractivity contribution in [1.82, 2.24) is 4.90 Å². The average molecular weight is 209 g/mol. The van der Waals surface area contributed by atoms with Crippen LogP contribution in [0, 0.1) is 11.8 Å². The monoisotopic (exact) mass is 209 g/mol. The molecule has 0 bridgehead atoms. The van der Waals surface area contributed by atoms with Crippen molar-refractivity contribution in [2.24, 2.45) is 11.8 Å². The van der Waals surface area contributed by atoms with Crippen molar-refractivity contribution in [3.05, 3.63) is 0 Å². The topological polar surface area (TPSA) is 37.4 Å². The highest BCUT2D eigenvalue weighted by atomic mass is 16.2. The molecule has 1 aliphatic carbocycles. The summed E-state index contributed by atoms with van der Waals surface area (Å²) in [6.07, 6.45) is 7.53. The van der Waals surface area contributed by atoms with Crippen LogP contribution in [0.15, 0.2) is 0 Å². The second-order valence-corrected chi connectivity index (χ2v) is 4.83. The number of carbonyl (C=O) groups excluding carboxylic acids is 2. The molecule has 3 heteroatoms. The molecule has 2 fully saturated rings. The van der Waals surface area contributed by atoms with Crippen LogP contribution in [0.3, 0.4) is 0 Å². The van der Waals surface area contributed by atoms with E-state index < -0.39 is 0 Å². The van der Waals surface area contributed by atoms with Crippen molar-refractivity contribution in [1.29, 1.82) is 0 Å². The molecule has 3 nitrogen and oxygen atoms in total. The first-order valence-corrected chi connectivity index (χ1v) is 6.00. The van der Waals surface area contributed by atoms with Crippen molar-refractivity contribution in [2.75, 3.05) is 7.05 Å². The van der Waals surface area contributed by atoms with Gasteiger partial charge in [-0.25, -0.2) is 0 Å². The Kier molecular flexibility index (Phi) is 3.08. The van der Waals surface area contributed by atoms with Crippen LogP contribution in [0.4, 0.5) is 0 Å². The summed E-state index contributed by atoms with van der Waals surface area (Å²) in [6.45, 7) is 0. The van der Waals surface area contributed by atoms with Crippen LogP contribution in [-0.4, -0.2) is 23.8 Å². The largest absolute Gasteiger partial charge is 0.286 e. The number of piperidine rings is 1. The first-order valence-electron chi connectivity index (χ1n) is 6.00. The standard InChI is InChI=1S/C12H19NO2/c1-13-11(14)8-7-10(12(13)15)9-5-3-2-4-6-9/h9-10H,2-8H2,1H3. The van der Waals surface area contributed by atoms with Crippen molar-refractivity contribution in [3.8, 4) is 0 Å². The van der Waals surface area contributed by atoms with E-state index >= 15 is 0 Å². The molecule has 2 amide bonds. The van der Waals surface area contributed by atoms with Gasteiger partial charge < -0.3 is 0 Å². The van der Waals surface area contributed by atoms with Crippen LogP contribution in [0.25, 0.3) is 0 Å². The van der Waals surface area contributed by atoms with E-state index in [9.17, 15) is 9.59 Å². The Morgan fingerprint density at radius 3 is 2.40 bits per heavy atom. The quantitative estimate of drug-likeness (QED) is 0.619. The average Bonchev–Trinajstić information content (AvgIpc) is 2.27. The molecule has 1 aliphatic heterocycles. The van der Waals surface area contributed by atoms with E-state index in [1.165, 1.54) is 37.0 Å². The lowest BCUT2D eigenvalue weighted by Gasteiger charge is -2.34. The highest BCUT2D eigenvalue weighted by Gasteiger charge is 2.36. The van der Waals surface area contributed by atoms with E-state index in [1.54, 1.807) is 7.05 Å². The van der Waals surface area contributed by atoms with Crippen LogP contribution in [0.1, 0.15) is 44.9 Å². The summed E-state index contributed by atoms with van der Waals surface area (Å²) >= 11 is 0. The second-order valence-electron chi connectivity index (χ2n) is 4.83. The van der Waals surface area contributed by atoms with Gasteiger partial charge in [-0.3, -0.25) is 14.5 Å². The third kappa shape index (κ3) is 2.06. The highest BCUT2D eigenvalue weighted by Crippen LogP contribution is 2.35. The van der Waals surface area contributed by atoms with Gasteiger partial charge in [-0.2, -0.15) is 0 Å². The molecule has 1 unspecified atom stereocenters. The number of imide groups is 1. The number of hydrogen-bond donors (Lipinski definition) is 0. The number of hydrogen-bond acceptors (Lipinski definition) is 2. The van der Waals surface area contributed by atoms with Crippen LogP contribution in [0.2, 0.25) is 0 Å². The molecule has 0 aromatic carbocycles. The molecule has 0 spiro atoms. The molecule has 1 heterocycles. The lowest BCUT2D eigenvalue weighted by molar-refractivity contribution is -0.151. The predicted octanol–water partition coefficient (Wildman–Crippen LogP) is 1.96. The third-order valence-corrected chi connectivity index (χ3v) is 3.91. The zero-order chi connectivity index (χ0) is 10.8. The second kappa shape index (κ2) is 4.33. The van der Waals surface area contributed by atoms with E-state index in [0.29, 0.717) is 12.3 Å². The van der Waals surface area contributed by atoms with Crippen LogP contribution < -0.4 is 0 Å². The number of carbonyl (C=O) groups is 2. The Balaban J connectivity index is 2.02. The normalized spacial score (nSPS) is 29.7. The number of likely N-dealkylation sites (tertiary alicyclic amines) is 1. The summed E-state index contributed by atoms with van der Waals surface area (Å²) < 4.78 is 0. The van der Waals surface area contributed by atoms with Gasteiger partial charge in [-0.1, -0.05) is 19.3 Å². The van der Waals surface area contributed by atoms with E-state index in [2.05, 4.69) is 0 Å². The summed E-state index contributed by atoms with van der Waals surface area (Å²) in [5.74, 6) is 0.736. The summed E-state index contributed by atoms with van der Waals surface area (Å²) in [4.78, 5) is 24.6. The van der Waals surface area contributed by atoms with Gasteiger partial charge in [-0.05, 0) is 25.2 Å². The number of nitrogens with zero attached hydrogens (tertiary/aromatic N) is 1. The summed E-state index contributed by atoms with van der Waals surface area (Å²) in [6, 6.07) is 0. The molecule has 2 aliphatic rings. The van der Waals surface area contributed by atoms with Gasteiger partial charge in [0.05, 0.1) is 0 Å². The Bertz CT molecular complexity index is 269. The maximum atomic E-state index is 11.9. The molecule has 2 rings (SSSR count). The molecule has 0 aromatic heterocycles. The molecule has 1 saturated carbocycles. The van der Waals surface area contributed by atoms with Gasteiger partial charge >= 0.3 is 0 Å². The number of rotatable bonds is 1. The molecule has 1 atom stereocenters. The van der Waals surface area contributed by atoms with Crippen LogP contribution in [-0.2, 0) is 9.59 Å². The van der Waals surface area contributed by atoms with Gasteiger partial charge in [0, 0.05) is 19.4 Å². The first kappa shape index (κ1) is 10.7. The molecular formula is C12H19NO2. The lowest BCUT2D eigenvalue weighted by atomic mass is 9.76. The molecule has 1 saturated heterocycles. The fraction of sp³-hybridized carbons (Fsp3) is 0.833. The van der Waals surface area contributed by atoms with Gasteiger partial charge in [0.25, 0.3) is 0 Å². The van der Waals surface area contributed by atoms with E-state index in [-0.39, 0.29) is 17.7 Å². The molecule has 84 valence electrons. The maximum Gasteiger partial charge on any atom is 0.232 e. The fourth-order valence-corrected chi connectivity index (χ4v) is 2.92. The molecule has 0 radical (unpaired) electrons. The Morgan fingerprint density at radius 1 is 1.07 bits per heavy atom. The van der Waals surface area contributed by atoms with Crippen molar-refractivity contribution >= 4 is 11.8 Å². The highest BCUT2D eigenvalue weighted by molar-refractivity contribution is 5.98. The minimum absolute atomic E-state index is 0.00735. The van der Waals surface area contributed by atoms with Gasteiger partial charge in [0.2, 0.25) is 11.8 Å². The van der Waals surface area contributed by atoms with Gasteiger partial charge in [-0.15, -0.1) is 0 Å².